The number of carbonyl (C=O) groups is 1. The molecule has 1 saturated heterocycles. The topological polar surface area (TPSA) is 66.9 Å². The van der Waals surface area contributed by atoms with E-state index in [4.69, 9.17) is 4.74 Å². The molecule has 0 amide bonds. The van der Waals surface area contributed by atoms with Crippen LogP contribution in [-0.2, 0) is 26.1 Å². The Labute approximate surface area is 144 Å². The van der Waals surface area contributed by atoms with E-state index >= 15 is 0 Å². The molecular weight excluding hydrogens is 328 g/mol. The molecular formula is C17H26N2O4S. The number of esters is 1. The number of likely N-dealkylation sites (tertiary alicyclic amines) is 1. The third-order valence-electron chi connectivity index (χ3n) is 4.29. The van der Waals surface area contributed by atoms with Crippen molar-refractivity contribution in [2.24, 2.45) is 5.92 Å². The molecule has 1 fully saturated rings. The van der Waals surface area contributed by atoms with Gasteiger partial charge in [-0.25, -0.2) is 12.7 Å². The monoisotopic (exact) mass is 354 g/mol. The Balaban J connectivity index is 1.97. The van der Waals surface area contributed by atoms with Crippen LogP contribution in [0.4, 0.5) is 0 Å². The van der Waals surface area contributed by atoms with E-state index in [9.17, 15) is 13.2 Å². The number of carbonyl (C=O) groups excluding carboxylic acids is 1. The van der Waals surface area contributed by atoms with Crippen molar-refractivity contribution in [2.75, 3.05) is 33.8 Å². The van der Waals surface area contributed by atoms with Crippen molar-refractivity contribution < 1.29 is 17.9 Å². The lowest BCUT2D eigenvalue weighted by Crippen LogP contribution is -2.36. The van der Waals surface area contributed by atoms with Crippen molar-refractivity contribution >= 4 is 16.0 Å². The van der Waals surface area contributed by atoms with Crippen LogP contribution >= 0.6 is 0 Å². The van der Waals surface area contributed by atoms with Crippen LogP contribution in [0.5, 0.6) is 0 Å². The van der Waals surface area contributed by atoms with Gasteiger partial charge in [-0.05, 0) is 50.6 Å². The highest BCUT2D eigenvalue weighted by atomic mass is 32.2. The summed E-state index contributed by atoms with van der Waals surface area (Å²) in [5, 5.41) is 0. The van der Waals surface area contributed by atoms with Crippen LogP contribution in [-0.4, -0.2) is 57.4 Å². The fourth-order valence-electron chi connectivity index (χ4n) is 2.86. The Morgan fingerprint density at radius 3 is 2.54 bits per heavy atom. The molecule has 0 radical (unpaired) electrons. The molecule has 0 aromatic heterocycles. The molecule has 134 valence electrons. The van der Waals surface area contributed by atoms with Gasteiger partial charge >= 0.3 is 5.97 Å². The largest absolute Gasteiger partial charge is 0.466 e. The smallest absolute Gasteiger partial charge is 0.309 e. The Kier molecular flexibility index (Phi) is 6.37. The zero-order valence-corrected chi connectivity index (χ0v) is 15.4. The number of hydrogen-bond donors (Lipinski definition) is 0. The van der Waals surface area contributed by atoms with Crippen molar-refractivity contribution in [1.82, 2.24) is 9.21 Å². The predicted octanol–water partition coefficient (Wildman–Crippen LogP) is 1.71. The molecule has 0 saturated carbocycles. The Morgan fingerprint density at radius 2 is 1.96 bits per heavy atom. The third kappa shape index (κ3) is 4.55. The average molecular weight is 354 g/mol. The summed E-state index contributed by atoms with van der Waals surface area (Å²) in [5.74, 6) is -0.113. The van der Waals surface area contributed by atoms with Crippen molar-refractivity contribution in [3.8, 4) is 0 Å². The van der Waals surface area contributed by atoms with Gasteiger partial charge < -0.3 is 4.74 Å². The van der Waals surface area contributed by atoms with Gasteiger partial charge in [-0.3, -0.25) is 9.69 Å². The molecule has 0 atom stereocenters. The number of nitrogens with zero attached hydrogens (tertiary/aromatic N) is 2. The summed E-state index contributed by atoms with van der Waals surface area (Å²) >= 11 is 0. The molecule has 24 heavy (non-hydrogen) atoms. The summed E-state index contributed by atoms with van der Waals surface area (Å²) < 4.78 is 30.7. The lowest BCUT2D eigenvalue weighted by molar-refractivity contribution is -0.149. The first-order valence-electron chi connectivity index (χ1n) is 8.25. The number of sulfonamides is 1. The average Bonchev–Trinajstić information content (AvgIpc) is 2.56. The lowest BCUT2D eigenvalue weighted by atomic mass is 9.96. The first-order valence-corrected chi connectivity index (χ1v) is 9.69. The van der Waals surface area contributed by atoms with E-state index in [-0.39, 0.29) is 11.9 Å². The van der Waals surface area contributed by atoms with E-state index in [1.165, 1.54) is 18.4 Å². The third-order valence-corrected chi connectivity index (χ3v) is 6.10. The highest BCUT2D eigenvalue weighted by Crippen LogP contribution is 2.21. The maximum Gasteiger partial charge on any atom is 0.309 e. The molecule has 2 rings (SSSR count). The number of rotatable bonds is 6. The van der Waals surface area contributed by atoms with Crippen LogP contribution in [0.15, 0.2) is 29.2 Å². The molecule has 0 spiro atoms. The fourth-order valence-corrected chi connectivity index (χ4v) is 3.83. The Bertz CT molecular complexity index is 665. The van der Waals surface area contributed by atoms with Gasteiger partial charge in [-0.15, -0.1) is 0 Å². The number of ether oxygens (including phenoxy) is 1. The highest BCUT2D eigenvalue weighted by molar-refractivity contribution is 7.89. The SMILES string of the molecule is CCOC(=O)C1CCN(Cc2cccc(S(=O)(=O)N(C)C)c2)CC1. The zero-order valence-electron chi connectivity index (χ0n) is 14.6. The molecule has 0 bridgehead atoms. The van der Waals surface area contributed by atoms with Gasteiger partial charge in [0.25, 0.3) is 0 Å². The summed E-state index contributed by atoms with van der Waals surface area (Å²) in [7, 11) is -0.353. The summed E-state index contributed by atoms with van der Waals surface area (Å²) in [6.45, 7) is 4.56. The molecule has 1 heterocycles. The van der Waals surface area contributed by atoms with E-state index in [1.54, 1.807) is 18.2 Å². The van der Waals surface area contributed by atoms with Gasteiger partial charge in [0.2, 0.25) is 10.0 Å². The second-order valence-corrected chi connectivity index (χ2v) is 8.39. The molecule has 0 N–H and O–H groups in total. The number of hydrogen-bond acceptors (Lipinski definition) is 5. The van der Waals surface area contributed by atoms with E-state index < -0.39 is 10.0 Å². The predicted molar refractivity (Wildman–Crippen MR) is 91.9 cm³/mol. The first kappa shape index (κ1) is 18.9. The van der Waals surface area contributed by atoms with E-state index in [0.29, 0.717) is 18.0 Å². The van der Waals surface area contributed by atoms with Crippen molar-refractivity contribution in [3.05, 3.63) is 29.8 Å². The zero-order chi connectivity index (χ0) is 17.7. The summed E-state index contributed by atoms with van der Waals surface area (Å²) in [6, 6.07) is 7.06. The second-order valence-electron chi connectivity index (χ2n) is 6.24. The maximum atomic E-state index is 12.2. The lowest BCUT2D eigenvalue weighted by Gasteiger charge is -2.30. The van der Waals surface area contributed by atoms with Crippen LogP contribution in [0, 0.1) is 5.92 Å². The van der Waals surface area contributed by atoms with Gasteiger partial charge in [0.15, 0.2) is 0 Å². The molecule has 0 aliphatic carbocycles. The minimum atomic E-state index is -3.41. The van der Waals surface area contributed by atoms with Crippen LogP contribution in [0.3, 0.4) is 0 Å². The molecule has 1 aliphatic heterocycles. The minimum Gasteiger partial charge on any atom is -0.466 e. The summed E-state index contributed by atoms with van der Waals surface area (Å²) in [4.78, 5) is 14.3. The second kappa shape index (κ2) is 8.09. The molecule has 1 aliphatic rings. The molecule has 0 unspecified atom stereocenters. The quantitative estimate of drug-likeness (QED) is 0.728. The molecule has 7 heteroatoms. The molecule has 6 nitrogen and oxygen atoms in total. The summed E-state index contributed by atoms with van der Waals surface area (Å²) in [5.41, 5.74) is 0.965. The normalized spacial score (nSPS) is 17.2. The van der Waals surface area contributed by atoms with Crippen molar-refractivity contribution in [1.29, 1.82) is 0 Å². The van der Waals surface area contributed by atoms with E-state index in [1.807, 2.05) is 13.0 Å². The maximum absolute atomic E-state index is 12.2. The standard InChI is InChI=1S/C17H26N2O4S/c1-4-23-17(20)15-8-10-19(11-9-15)13-14-6-5-7-16(12-14)24(21,22)18(2)3/h5-7,12,15H,4,8-11,13H2,1-3H3. The Morgan fingerprint density at radius 1 is 1.29 bits per heavy atom. The van der Waals surface area contributed by atoms with Crippen LogP contribution in [0.1, 0.15) is 25.3 Å². The van der Waals surface area contributed by atoms with E-state index in [0.717, 1.165) is 31.5 Å². The molecule has 1 aromatic rings. The van der Waals surface area contributed by atoms with Crippen molar-refractivity contribution in [2.45, 2.75) is 31.2 Å². The summed E-state index contributed by atoms with van der Waals surface area (Å²) in [6.07, 6.45) is 1.57. The van der Waals surface area contributed by atoms with Gasteiger partial charge in [-0.1, -0.05) is 12.1 Å². The first-order chi connectivity index (χ1) is 11.3. The van der Waals surface area contributed by atoms with Gasteiger partial charge in [-0.2, -0.15) is 0 Å². The number of benzene rings is 1. The Hall–Kier alpha value is -1.44. The van der Waals surface area contributed by atoms with Gasteiger partial charge in [0, 0.05) is 20.6 Å². The highest BCUT2D eigenvalue weighted by Gasteiger charge is 2.26. The van der Waals surface area contributed by atoms with Gasteiger partial charge in [0.1, 0.15) is 0 Å². The number of piperidine rings is 1. The van der Waals surface area contributed by atoms with E-state index in [2.05, 4.69) is 4.90 Å². The van der Waals surface area contributed by atoms with Gasteiger partial charge in [0.05, 0.1) is 17.4 Å². The van der Waals surface area contributed by atoms with Crippen molar-refractivity contribution in [3.63, 3.8) is 0 Å². The van der Waals surface area contributed by atoms with Crippen LogP contribution < -0.4 is 0 Å². The van der Waals surface area contributed by atoms with Crippen LogP contribution in [0.2, 0.25) is 0 Å². The molecule has 1 aromatic carbocycles. The van der Waals surface area contributed by atoms with Crippen LogP contribution in [0.25, 0.3) is 0 Å². The fraction of sp³-hybridized carbons (Fsp3) is 0.588. The minimum absolute atomic E-state index is 0.0124.